The second-order valence-corrected chi connectivity index (χ2v) is 19.1. The molecule has 58 heavy (non-hydrogen) atoms. The Morgan fingerprint density at radius 3 is 2.66 bits per heavy atom. The van der Waals surface area contributed by atoms with E-state index in [0.717, 1.165) is 53.4 Å². The number of rotatable bonds is 14. The average molecular weight is 826 g/mol. The molecule has 6 aromatic rings. The molecular weight excluding hydrogens is 779 g/mol. The zero-order valence-corrected chi connectivity index (χ0v) is 34.3. The summed E-state index contributed by atoms with van der Waals surface area (Å²) in [6.07, 6.45) is 6.75. The highest BCUT2D eigenvalue weighted by Gasteiger charge is 2.51. The first-order valence-corrected chi connectivity index (χ1v) is 21.9. The molecule has 2 aliphatic carbocycles. The first kappa shape index (κ1) is 39.8. The molecule has 0 saturated heterocycles. The van der Waals surface area contributed by atoms with Gasteiger partial charge in [-0.25, -0.2) is 14.8 Å². The number of carboxylic acid groups (broad SMARTS) is 1. The summed E-state index contributed by atoms with van der Waals surface area (Å²) in [6.45, 7) is 8.37. The van der Waals surface area contributed by atoms with E-state index in [9.17, 15) is 23.1 Å². The number of fused-ring (bicyclic) bond motifs is 4. The van der Waals surface area contributed by atoms with E-state index in [-0.39, 0.29) is 40.8 Å². The molecule has 4 heterocycles. The van der Waals surface area contributed by atoms with Gasteiger partial charge < -0.3 is 20.1 Å². The lowest BCUT2D eigenvalue weighted by Gasteiger charge is -2.55. The Morgan fingerprint density at radius 2 is 1.86 bits per heavy atom. The molecule has 4 aromatic heterocycles. The van der Waals surface area contributed by atoms with Crippen molar-refractivity contribution >= 4 is 59.6 Å². The summed E-state index contributed by atoms with van der Waals surface area (Å²) in [4.78, 5) is 38.8. The van der Waals surface area contributed by atoms with Crippen LogP contribution in [0.15, 0.2) is 66.9 Å². The molecule has 0 aliphatic heterocycles. The number of anilines is 1. The largest absolute Gasteiger partial charge is 0.476 e. The number of aromatic nitrogens is 5. The molecule has 2 aliphatic rings. The third kappa shape index (κ3) is 8.43. The van der Waals surface area contributed by atoms with Gasteiger partial charge in [0.05, 0.1) is 57.3 Å². The zero-order chi connectivity index (χ0) is 40.8. The number of H-pyrrole nitrogens is 1. The lowest BCUT2D eigenvalue weighted by atomic mass is 9.52. The van der Waals surface area contributed by atoms with Crippen molar-refractivity contribution in [2.45, 2.75) is 65.5 Å². The summed E-state index contributed by atoms with van der Waals surface area (Å²) >= 11 is 1.40. The van der Waals surface area contributed by atoms with Crippen molar-refractivity contribution in [2.75, 3.05) is 30.8 Å². The fourth-order valence-electron chi connectivity index (χ4n) is 9.80. The van der Waals surface area contributed by atoms with Crippen molar-refractivity contribution in [3.05, 3.63) is 83.8 Å². The van der Waals surface area contributed by atoms with E-state index in [1.165, 1.54) is 11.3 Å². The monoisotopic (exact) mass is 825 g/mol. The van der Waals surface area contributed by atoms with Crippen molar-refractivity contribution < 1.29 is 32.4 Å². The number of pyridine rings is 1. The van der Waals surface area contributed by atoms with Crippen LogP contribution in [0.2, 0.25) is 0 Å². The summed E-state index contributed by atoms with van der Waals surface area (Å²) in [6, 6.07) is 18.5. The number of carboxylic acids is 1. The SMILES string of the molecule is Cc1c(-c2ccc(-c3cc4cccc(C(=O)Nc5nc6ccccc6s5)c4[nH]3)nc2C(=O)O)cnn1CC12CC(C)CC(C)(CC(OCCNCCS(=O)(=O)O)C1)C2. The standard InChI is InChI=1S/C42H47N7O7S2/c1-25-18-41(3)20-28(56-15-13-43-14-16-58(53,54)55)21-42(19-25,23-41)24-49-26(2)31(22-44-49)29-11-12-32(45-37(29)39(51)52)34-17-27-7-6-8-30(36(27)46-34)38(50)48-40-47-33-9-4-5-10-35(33)57-40/h4-12,17,22,25,28,43,46H,13-16,18-21,23-24H2,1-3H3,(H,51,52)(H,47,48,50)(H,53,54,55). The van der Waals surface area contributed by atoms with Crippen LogP contribution >= 0.6 is 11.3 Å². The maximum Gasteiger partial charge on any atom is 0.355 e. The number of amides is 1. The summed E-state index contributed by atoms with van der Waals surface area (Å²) < 4.78 is 40.4. The van der Waals surface area contributed by atoms with E-state index >= 15 is 0 Å². The molecule has 2 bridgehead atoms. The van der Waals surface area contributed by atoms with Gasteiger partial charge in [0.15, 0.2) is 10.8 Å². The van der Waals surface area contributed by atoms with E-state index < -0.39 is 16.1 Å². The zero-order valence-electron chi connectivity index (χ0n) is 32.6. The van der Waals surface area contributed by atoms with Gasteiger partial charge in [0, 0.05) is 41.8 Å². The van der Waals surface area contributed by atoms with E-state index in [1.807, 2.05) is 48.0 Å². The summed E-state index contributed by atoms with van der Waals surface area (Å²) in [5.41, 5.74) is 4.80. The number of carbonyl (C=O) groups excluding carboxylic acids is 1. The molecule has 16 heteroatoms. The van der Waals surface area contributed by atoms with E-state index in [2.05, 4.69) is 39.4 Å². The Balaban J connectivity index is 1.01. The van der Waals surface area contributed by atoms with Gasteiger partial charge in [0.2, 0.25) is 0 Å². The van der Waals surface area contributed by atoms with E-state index in [0.29, 0.717) is 64.3 Å². The molecule has 2 saturated carbocycles. The van der Waals surface area contributed by atoms with Crippen molar-refractivity contribution in [3.8, 4) is 22.5 Å². The highest BCUT2D eigenvalue weighted by Crippen LogP contribution is 2.58. The minimum atomic E-state index is -4.01. The lowest BCUT2D eigenvalue weighted by molar-refractivity contribution is -0.109. The number of benzene rings is 2. The molecule has 0 radical (unpaired) electrons. The van der Waals surface area contributed by atoms with Gasteiger partial charge in [-0.2, -0.15) is 13.5 Å². The van der Waals surface area contributed by atoms with Gasteiger partial charge in [0.1, 0.15) is 0 Å². The molecule has 2 aromatic carbocycles. The summed E-state index contributed by atoms with van der Waals surface area (Å²) in [7, 11) is -4.01. The number of nitrogens with zero attached hydrogens (tertiary/aromatic N) is 4. The topological polar surface area (TPSA) is 201 Å². The molecule has 0 spiro atoms. The summed E-state index contributed by atoms with van der Waals surface area (Å²) in [5, 5.41) is 22.5. The van der Waals surface area contributed by atoms with Crippen molar-refractivity contribution in [3.63, 3.8) is 0 Å². The Bertz CT molecular complexity index is 2600. The minimum absolute atomic E-state index is 0.0361. The van der Waals surface area contributed by atoms with Gasteiger partial charge in [-0.05, 0) is 92.2 Å². The minimum Gasteiger partial charge on any atom is -0.476 e. The molecule has 304 valence electrons. The molecule has 4 atom stereocenters. The smallest absolute Gasteiger partial charge is 0.355 e. The number of para-hydroxylation sites is 2. The fourth-order valence-corrected chi connectivity index (χ4v) is 11.1. The number of hydrogen-bond donors (Lipinski definition) is 5. The van der Waals surface area contributed by atoms with Gasteiger partial charge in [-0.3, -0.25) is 19.3 Å². The molecule has 1 amide bonds. The van der Waals surface area contributed by atoms with E-state index in [1.54, 1.807) is 30.5 Å². The van der Waals surface area contributed by atoms with Crippen molar-refractivity contribution in [1.29, 1.82) is 0 Å². The Kier molecular flexibility index (Phi) is 10.7. The highest BCUT2D eigenvalue weighted by atomic mass is 32.2. The normalized spacial score (nSPS) is 22.1. The van der Waals surface area contributed by atoms with Crippen LogP contribution in [0, 0.1) is 23.7 Å². The second kappa shape index (κ2) is 15.6. The molecular formula is C42H47N7O7S2. The molecule has 4 unspecified atom stereocenters. The number of ether oxygens (including phenoxy) is 1. The number of aromatic amines is 1. The highest BCUT2D eigenvalue weighted by molar-refractivity contribution is 7.85. The van der Waals surface area contributed by atoms with Crippen LogP contribution in [0.4, 0.5) is 5.13 Å². The molecule has 5 N–H and O–H groups in total. The van der Waals surface area contributed by atoms with Crippen LogP contribution in [0.3, 0.4) is 0 Å². The van der Waals surface area contributed by atoms with Crippen molar-refractivity contribution in [1.82, 2.24) is 30.0 Å². The first-order valence-electron chi connectivity index (χ1n) is 19.5. The first-order chi connectivity index (χ1) is 27.7. The van der Waals surface area contributed by atoms with Crippen LogP contribution < -0.4 is 10.6 Å². The Labute approximate surface area is 340 Å². The Morgan fingerprint density at radius 1 is 1.03 bits per heavy atom. The fraction of sp³-hybridized carbons (Fsp3) is 0.405. The van der Waals surface area contributed by atoms with Gasteiger partial charge in [-0.1, -0.05) is 49.4 Å². The third-order valence-corrected chi connectivity index (χ3v) is 13.3. The third-order valence-electron chi connectivity index (χ3n) is 11.6. The maximum atomic E-state index is 13.5. The van der Waals surface area contributed by atoms with Gasteiger partial charge in [-0.15, -0.1) is 0 Å². The molecule has 14 nitrogen and oxygen atoms in total. The van der Waals surface area contributed by atoms with Crippen molar-refractivity contribution in [2.24, 2.45) is 16.7 Å². The average Bonchev–Trinajstić information content (AvgIpc) is 3.87. The quantitative estimate of drug-likeness (QED) is 0.0540. The predicted molar refractivity (Wildman–Crippen MR) is 224 cm³/mol. The van der Waals surface area contributed by atoms with Gasteiger partial charge in [0.25, 0.3) is 16.0 Å². The van der Waals surface area contributed by atoms with Crippen LogP contribution in [0.1, 0.15) is 72.5 Å². The van der Waals surface area contributed by atoms with Crippen LogP contribution in [0.5, 0.6) is 0 Å². The van der Waals surface area contributed by atoms with E-state index in [4.69, 9.17) is 14.4 Å². The maximum absolute atomic E-state index is 13.5. The number of aromatic carboxylic acids is 1. The summed E-state index contributed by atoms with van der Waals surface area (Å²) in [5.74, 6) is -1.28. The molecule has 8 rings (SSSR count). The number of hydrogen-bond acceptors (Lipinski definition) is 10. The van der Waals surface area contributed by atoms with Gasteiger partial charge >= 0.3 is 5.97 Å². The number of nitrogens with one attached hydrogen (secondary N) is 3. The van der Waals surface area contributed by atoms with Crippen LogP contribution in [-0.2, 0) is 21.4 Å². The second-order valence-electron chi connectivity index (χ2n) is 16.5. The van der Waals surface area contributed by atoms with Crippen LogP contribution in [-0.4, -0.2) is 86.2 Å². The Hall–Kier alpha value is -5.00. The number of thiazole rings is 1. The number of carbonyl (C=O) groups is 2. The molecule has 2 fully saturated rings. The lowest BCUT2D eigenvalue weighted by Crippen LogP contribution is -2.49. The van der Waals surface area contributed by atoms with Crippen LogP contribution in [0.25, 0.3) is 43.6 Å². The predicted octanol–water partition coefficient (Wildman–Crippen LogP) is 7.43.